The van der Waals surface area contributed by atoms with Crippen LogP contribution >= 0.6 is 15.9 Å². The van der Waals surface area contributed by atoms with Gasteiger partial charge in [-0.1, -0.05) is 58.4 Å². The number of para-hydroxylation sites is 1. The van der Waals surface area contributed by atoms with E-state index in [-0.39, 0.29) is 5.91 Å². The molecule has 0 bridgehead atoms. The Morgan fingerprint density at radius 1 is 1.00 bits per heavy atom. The van der Waals surface area contributed by atoms with Gasteiger partial charge in [0.25, 0.3) is 0 Å². The van der Waals surface area contributed by atoms with Crippen molar-refractivity contribution in [3.63, 3.8) is 0 Å². The van der Waals surface area contributed by atoms with E-state index < -0.39 is 5.92 Å². The third-order valence-corrected chi connectivity index (χ3v) is 6.94. The molecule has 3 nitrogen and oxygen atoms in total. The molecule has 1 N–H and O–H groups in total. The predicted octanol–water partition coefficient (Wildman–Crippen LogP) is 6.35. The third kappa shape index (κ3) is 3.46. The molecule has 3 aromatic carbocycles. The van der Waals surface area contributed by atoms with Gasteiger partial charge in [-0.25, -0.2) is 0 Å². The molecule has 0 saturated carbocycles. The van der Waals surface area contributed by atoms with Crippen molar-refractivity contribution in [1.29, 1.82) is 0 Å². The molecular weight excluding hydrogens is 426 g/mol. The molecular formula is C25H24BrNO2. The SMILES string of the molecule is Cc1cc2c(c(C)c1Br)C(C(=O)Nc1c(C)cccc1C)c1ccccc1CO2. The van der Waals surface area contributed by atoms with Crippen molar-refractivity contribution in [1.82, 2.24) is 0 Å². The summed E-state index contributed by atoms with van der Waals surface area (Å²) in [5.74, 6) is 0.293. The number of carbonyl (C=O) groups is 1. The largest absolute Gasteiger partial charge is 0.489 e. The lowest BCUT2D eigenvalue weighted by Gasteiger charge is -2.23. The molecule has 0 aliphatic carbocycles. The Morgan fingerprint density at radius 3 is 2.41 bits per heavy atom. The average Bonchev–Trinajstić information content (AvgIpc) is 2.86. The average molecular weight is 450 g/mol. The molecule has 0 fully saturated rings. The Labute approximate surface area is 180 Å². The highest BCUT2D eigenvalue weighted by atomic mass is 79.9. The lowest BCUT2D eigenvalue weighted by Crippen LogP contribution is -2.24. The summed E-state index contributed by atoms with van der Waals surface area (Å²) in [5, 5.41) is 3.21. The van der Waals surface area contributed by atoms with Crippen LogP contribution in [0.1, 0.15) is 44.9 Å². The number of halogens is 1. The summed E-state index contributed by atoms with van der Waals surface area (Å²) in [7, 11) is 0. The first-order valence-corrected chi connectivity index (χ1v) is 10.5. The number of hydrogen-bond donors (Lipinski definition) is 1. The number of rotatable bonds is 2. The van der Waals surface area contributed by atoms with Crippen molar-refractivity contribution in [2.24, 2.45) is 0 Å². The Bertz CT molecular complexity index is 1100. The second-order valence-electron chi connectivity index (χ2n) is 7.72. The fourth-order valence-corrected chi connectivity index (χ4v) is 4.48. The van der Waals surface area contributed by atoms with Gasteiger partial charge in [0.05, 0.1) is 5.92 Å². The van der Waals surface area contributed by atoms with Crippen LogP contribution in [0, 0.1) is 27.7 Å². The van der Waals surface area contributed by atoms with Gasteiger partial charge in [0, 0.05) is 15.7 Å². The monoisotopic (exact) mass is 449 g/mol. The summed E-state index contributed by atoms with van der Waals surface area (Å²) in [6.07, 6.45) is 0. The zero-order valence-corrected chi connectivity index (χ0v) is 18.7. The first-order chi connectivity index (χ1) is 13.9. The molecule has 148 valence electrons. The fourth-order valence-electron chi connectivity index (χ4n) is 4.15. The number of nitrogens with one attached hydrogen (secondary N) is 1. The van der Waals surface area contributed by atoms with E-state index in [0.717, 1.165) is 54.9 Å². The van der Waals surface area contributed by atoms with E-state index >= 15 is 0 Å². The Hall–Kier alpha value is -2.59. The molecule has 1 heterocycles. The number of fused-ring (bicyclic) bond motifs is 2. The Morgan fingerprint density at radius 2 is 1.69 bits per heavy atom. The molecule has 1 amide bonds. The van der Waals surface area contributed by atoms with Crippen LogP contribution in [0.15, 0.2) is 53.0 Å². The van der Waals surface area contributed by atoms with Gasteiger partial charge in [-0.15, -0.1) is 0 Å². The summed E-state index contributed by atoms with van der Waals surface area (Å²) >= 11 is 3.70. The Balaban J connectivity index is 1.90. The smallest absolute Gasteiger partial charge is 0.236 e. The summed E-state index contributed by atoms with van der Waals surface area (Å²) in [5.41, 5.74) is 8.09. The van der Waals surface area contributed by atoms with E-state index in [4.69, 9.17) is 4.74 Å². The lowest BCUT2D eigenvalue weighted by atomic mass is 9.84. The molecule has 1 atom stereocenters. The molecule has 4 heteroatoms. The third-order valence-electron chi connectivity index (χ3n) is 5.72. The van der Waals surface area contributed by atoms with Crippen LogP contribution in [0.2, 0.25) is 0 Å². The van der Waals surface area contributed by atoms with E-state index in [0.29, 0.717) is 6.61 Å². The molecule has 1 aliphatic heterocycles. The van der Waals surface area contributed by atoms with Gasteiger partial charge >= 0.3 is 0 Å². The molecule has 0 radical (unpaired) electrons. The lowest BCUT2D eigenvalue weighted by molar-refractivity contribution is -0.116. The number of aryl methyl sites for hydroxylation is 3. The minimum atomic E-state index is -0.445. The molecule has 1 aliphatic rings. The topological polar surface area (TPSA) is 38.3 Å². The van der Waals surface area contributed by atoms with Gasteiger partial charge in [-0.2, -0.15) is 0 Å². The highest BCUT2D eigenvalue weighted by molar-refractivity contribution is 9.10. The first-order valence-electron chi connectivity index (χ1n) is 9.75. The fraction of sp³-hybridized carbons (Fsp3) is 0.240. The zero-order valence-electron chi connectivity index (χ0n) is 17.1. The molecule has 3 aromatic rings. The summed E-state index contributed by atoms with van der Waals surface area (Å²) < 4.78 is 7.19. The standard InChI is InChI=1S/C25H24BrNO2/c1-14-8-7-9-15(2)24(14)27-25(28)22-19-11-6-5-10-18(19)13-29-20-12-16(3)23(26)17(4)21(20)22/h5-12,22H,13H2,1-4H3,(H,27,28). The van der Waals surface area contributed by atoms with Crippen LogP contribution in [0.4, 0.5) is 5.69 Å². The van der Waals surface area contributed by atoms with Crippen molar-refractivity contribution in [2.75, 3.05) is 5.32 Å². The number of anilines is 1. The number of benzene rings is 3. The Kier molecular flexibility index (Phi) is 5.22. The molecule has 29 heavy (non-hydrogen) atoms. The molecule has 0 saturated heterocycles. The quantitative estimate of drug-likeness (QED) is 0.495. The van der Waals surface area contributed by atoms with E-state index in [1.807, 2.05) is 76.2 Å². The maximum Gasteiger partial charge on any atom is 0.236 e. The van der Waals surface area contributed by atoms with Crippen molar-refractivity contribution in [3.05, 3.63) is 91.9 Å². The first kappa shape index (κ1) is 19.7. The van der Waals surface area contributed by atoms with E-state index in [2.05, 4.69) is 21.2 Å². The minimum Gasteiger partial charge on any atom is -0.489 e. The van der Waals surface area contributed by atoms with Gasteiger partial charge in [-0.05, 0) is 67.1 Å². The van der Waals surface area contributed by atoms with Crippen LogP contribution in [0.5, 0.6) is 5.75 Å². The van der Waals surface area contributed by atoms with Crippen LogP contribution < -0.4 is 10.1 Å². The van der Waals surface area contributed by atoms with Crippen LogP contribution in [-0.2, 0) is 11.4 Å². The summed E-state index contributed by atoms with van der Waals surface area (Å²) in [6, 6.07) is 16.1. The molecule has 0 aromatic heterocycles. The van der Waals surface area contributed by atoms with Crippen molar-refractivity contribution < 1.29 is 9.53 Å². The second-order valence-corrected chi connectivity index (χ2v) is 8.51. The van der Waals surface area contributed by atoms with Crippen LogP contribution in [0.25, 0.3) is 0 Å². The van der Waals surface area contributed by atoms with E-state index in [9.17, 15) is 4.79 Å². The minimum absolute atomic E-state index is 0.0412. The highest BCUT2D eigenvalue weighted by Gasteiger charge is 2.33. The highest BCUT2D eigenvalue weighted by Crippen LogP contribution is 2.43. The zero-order chi connectivity index (χ0) is 20.7. The number of amides is 1. The van der Waals surface area contributed by atoms with E-state index in [1.54, 1.807) is 0 Å². The van der Waals surface area contributed by atoms with Crippen molar-refractivity contribution in [3.8, 4) is 5.75 Å². The number of carbonyl (C=O) groups excluding carboxylic acids is 1. The van der Waals surface area contributed by atoms with Crippen molar-refractivity contribution in [2.45, 2.75) is 40.2 Å². The number of hydrogen-bond acceptors (Lipinski definition) is 2. The summed E-state index contributed by atoms with van der Waals surface area (Å²) in [6.45, 7) is 8.59. The van der Waals surface area contributed by atoms with E-state index in [1.165, 1.54) is 0 Å². The maximum absolute atomic E-state index is 13.7. The maximum atomic E-state index is 13.7. The van der Waals surface area contributed by atoms with Gasteiger partial charge in [-0.3, -0.25) is 4.79 Å². The summed E-state index contributed by atoms with van der Waals surface area (Å²) in [4.78, 5) is 13.7. The second kappa shape index (κ2) is 7.68. The van der Waals surface area contributed by atoms with Crippen LogP contribution in [-0.4, -0.2) is 5.91 Å². The van der Waals surface area contributed by atoms with Gasteiger partial charge in [0.2, 0.25) is 5.91 Å². The number of ether oxygens (including phenoxy) is 1. The molecule has 4 rings (SSSR count). The van der Waals surface area contributed by atoms with Crippen LogP contribution in [0.3, 0.4) is 0 Å². The molecule has 1 unspecified atom stereocenters. The molecule has 0 spiro atoms. The normalized spacial score (nSPS) is 15.0. The van der Waals surface area contributed by atoms with Crippen molar-refractivity contribution >= 4 is 27.5 Å². The van der Waals surface area contributed by atoms with Gasteiger partial charge in [0.15, 0.2) is 0 Å². The predicted molar refractivity (Wildman–Crippen MR) is 121 cm³/mol. The van der Waals surface area contributed by atoms with Gasteiger partial charge in [0.1, 0.15) is 12.4 Å². The van der Waals surface area contributed by atoms with Gasteiger partial charge < -0.3 is 10.1 Å².